The summed E-state index contributed by atoms with van der Waals surface area (Å²) in [6, 6.07) is 1.83. The van der Waals surface area contributed by atoms with Crippen LogP contribution in [0.15, 0.2) is 11.4 Å². The fraction of sp³-hybridized carbons (Fsp3) is 0.143. The number of rotatable bonds is 3. The van der Waals surface area contributed by atoms with Gasteiger partial charge in [-0.25, -0.2) is 0 Å². The lowest BCUT2D eigenvalue weighted by molar-refractivity contribution is 0.100. The number of amides is 1. The van der Waals surface area contributed by atoms with Gasteiger partial charge in [0.2, 0.25) is 0 Å². The Morgan fingerprint density at radius 2 is 2.45 bits per heavy atom. The van der Waals surface area contributed by atoms with Gasteiger partial charge < -0.3 is 11.5 Å². The minimum absolute atomic E-state index is 0.389. The van der Waals surface area contributed by atoms with Gasteiger partial charge in [-0.15, -0.1) is 11.3 Å². The number of hydrogen-bond acceptors (Lipinski definition) is 3. The summed E-state index contributed by atoms with van der Waals surface area (Å²) >= 11 is 1.34. The third-order valence-electron chi connectivity index (χ3n) is 1.26. The van der Waals surface area contributed by atoms with Gasteiger partial charge in [-0.2, -0.15) is 0 Å². The molecule has 0 unspecified atom stereocenters. The van der Waals surface area contributed by atoms with Gasteiger partial charge in [0.15, 0.2) is 0 Å². The lowest BCUT2D eigenvalue weighted by Gasteiger charge is -1.95. The highest BCUT2D eigenvalue weighted by molar-refractivity contribution is 7.12. The Balaban J connectivity index is 2.87. The molecule has 0 spiro atoms. The molecule has 1 amide bonds. The molecule has 4 N–H and O–H groups in total. The highest BCUT2D eigenvalue weighted by Crippen LogP contribution is 2.16. The van der Waals surface area contributed by atoms with Crippen molar-refractivity contribution in [3.05, 3.63) is 28.3 Å². The van der Waals surface area contributed by atoms with E-state index in [1.165, 1.54) is 11.3 Å². The van der Waals surface area contributed by atoms with Gasteiger partial charge in [-0.1, -0.05) is 0 Å². The Bertz CT molecular complexity index is 257. The molecule has 0 bridgehead atoms. The summed E-state index contributed by atoms with van der Waals surface area (Å²) in [6.45, 7) is 0.428. The number of thiophene rings is 1. The monoisotopic (exact) mass is 169 g/mol. The van der Waals surface area contributed by atoms with E-state index < -0.39 is 0 Å². The van der Waals surface area contributed by atoms with Crippen molar-refractivity contribution in [2.24, 2.45) is 11.5 Å². The average Bonchev–Trinajstić information content (AvgIpc) is 2.36. The quantitative estimate of drug-likeness (QED) is 0.685. The normalized spacial score (nSPS) is 9.91. The largest absolute Gasteiger partial charge is 0.365 e. The van der Waals surface area contributed by atoms with Crippen LogP contribution in [0.4, 0.5) is 0 Å². The molecule has 0 aromatic carbocycles. The van der Waals surface area contributed by atoms with E-state index in [-0.39, 0.29) is 5.91 Å². The van der Waals surface area contributed by atoms with Crippen molar-refractivity contribution in [2.45, 2.75) is 0 Å². The van der Waals surface area contributed by atoms with Crippen molar-refractivity contribution >= 4 is 17.2 Å². The minimum Gasteiger partial charge on any atom is -0.365 e. The minimum atomic E-state index is -0.389. The smallest absolute Gasteiger partial charge is 0.259 e. The molecule has 4 heteroatoms. The molecule has 3 nitrogen and oxygen atoms in total. The fourth-order valence-corrected chi connectivity index (χ4v) is 1.56. The Kier molecular flexibility index (Phi) is 2.62. The van der Waals surface area contributed by atoms with E-state index in [9.17, 15) is 4.79 Å². The van der Waals surface area contributed by atoms with Gasteiger partial charge in [0.1, 0.15) is 0 Å². The van der Waals surface area contributed by atoms with E-state index in [0.29, 0.717) is 11.4 Å². The molecular formula is C7H9N2OS. The van der Waals surface area contributed by atoms with E-state index in [1.54, 1.807) is 6.42 Å². The van der Waals surface area contributed by atoms with Crippen molar-refractivity contribution < 1.29 is 4.79 Å². The first-order chi connectivity index (χ1) is 5.25. The average molecular weight is 169 g/mol. The maximum Gasteiger partial charge on any atom is 0.259 e. The van der Waals surface area contributed by atoms with Gasteiger partial charge in [-0.3, -0.25) is 4.79 Å². The molecule has 1 rings (SSSR count). The van der Waals surface area contributed by atoms with Crippen molar-refractivity contribution in [3.8, 4) is 0 Å². The molecule has 0 aliphatic rings. The van der Waals surface area contributed by atoms with E-state index >= 15 is 0 Å². The van der Waals surface area contributed by atoms with Crippen LogP contribution in [-0.2, 0) is 0 Å². The van der Waals surface area contributed by atoms with Crippen molar-refractivity contribution in [1.82, 2.24) is 0 Å². The van der Waals surface area contributed by atoms with E-state index in [2.05, 4.69) is 0 Å². The van der Waals surface area contributed by atoms with Crippen LogP contribution in [-0.4, -0.2) is 12.5 Å². The number of nitrogens with two attached hydrogens (primary N) is 2. The summed E-state index contributed by atoms with van der Waals surface area (Å²) in [5.41, 5.74) is 11.2. The summed E-state index contributed by atoms with van der Waals surface area (Å²) in [7, 11) is 0. The van der Waals surface area contributed by atoms with Gasteiger partial charge in [0.25, 0.3) is 5.91 Å². The number of hydrogen-bond donors (Lipinski definition) is 2. The van der Waals surface area contributed by atoms with Crippen LogP contribution in [0.3, 0.4) is 0 Å². The zero-order chi connectivity index (χ0) is 8.27. The molecule has 59 valence electrons. The van der Waals surface area contributed by atoms with Crippen LogP contribution >= 0.6 is 11.3 Å². The Labute approximate surface area is 69.0 Å². The van der Waals surface area contributed by atoms with Gasteiger partial charge >= 0.3 is 0 Å². The predicted molar refractivity (Wildman–Crippen MR) is 45.3 cm³/mol. The molecule has 0 saturated carbocycles. The second-order valence-electron chi connectivity index (χ2n) is 2.01. The summed E-state index contributed by atoms with van der Waals surface area (Å²) in [4.78, 5) is 11.3. The van der Waals surface area contributed by atoms with Crippen LogP contribution in [0.2, 0.25) is 0 Å². The summed E-state index contributed by atoms with van der Waals surface area (Å²) in [5.74, 6) is -0.389. The molecule has 1 radical (unpaired) electrons. The molecule has 1 aromatic rings. The standard InChI is InChI=1S/C7H9N2OS/c8-3-1-5-2-4-11-6(5)7(9)10/h1-2,4H,3,8H2,(H2,9,10). The molecule has 0 fully saturated rings. The van der Waals surface area contributed by atoms with E-state index in [4.69, 9.17) is 11.5 Å². The molecule has 1 heterocycles. The number of carbonyl (C=O) groups excluding carboxylic acids is 1. The summed E-state index contributed by atoms with van der Waals surface area (Å²) in [6.07, 6.45) is 1.77. The molecule has 0 atom stereocenters. The lowest BCUT2D eigenvalue weighted by Crippen LogP contribution is -2.12. The second-order valence-corrected chi connectivity index (χ2v) is 2.93. The van der Waals surface area contributed by atoms with Crippen LogP contribution in [0.25, 0.3) is 0 Å². The van der Waals surface area contributed by atoms with E-state index in [0.717, 1.165) is 5.56 Å². The Morgan fingerprint density at radius 1 is 1.73 bits per heavy atom. The summed E-state index contributed by atoms with van der Waals surface area (Å²) < 4.78 is 0. The number of carbonyl (C=O) groups is 1. The Hall–Kier alpha value is -0.870. The van der Waals surface area contributed by atoms with Crippen LogP contribution < -0.4 is 11.5 Å². The highest BCUT2D eigenvalue weighted by Gasteiger charge is 2.07. The maximum absolute atomic E-state index is 10.7. The van der Waals surface area contributed by atoms with E-state index in [1.807, 2.05) is 11.4 Å². The third kappa shape index (κ3) is 1.78. The van der Waals surface area contributed by atoms with Crippen molar-refractivity contribution in [3.63, 3.8) is 0 Å². The first-order valence-electron chi connectivity index (χ1n) is 3.16. The number of primary amides is 1. The first kappa shape index (κ1) is 8.23. The molecule has 0 aliphatic carbocycles. The van der Waals surface area contributed by atoms with Gasteiger partial charge in [-0.05, 0) is 23.6 Å². The zero-order valence-electron chi connectivity index (χ0n) is 5.91. The van der Waals surface area contributed by atoms with Gasteiger partial charge in [0, 0.05) is 6.42 Å². The molecule has 1 aromatic heterocycles. The van der Waals surface area contributed by atoms with Crippen LogP contribution in [0.1, 0.15) is 15.2 Å². The molecule has 11 heavy (non-hydrogen) atoms. The second kappa shape index (κ2) is 3.50. The van der Waals surface area contributed by atoms with Crippen LogP contribution in [0.5, 0.6) is 0 Å². The van der Waals surface area contributed by atoms with Gasteiger partial charge in [0.05, 0.1) is 4.88 Å². The lowest BCUT2D eigenvalue weighted by atomic mass is 10.2. The maximum atomic E-state index is 10.7. The molecule has 0 aliphatic heterocycles. The summed E-state index contributed by atoms with van der Waals surface area (Å²) in [5, 5.41) is 1.82. The molecular weight excluding hydrogens is 160 g/mol. The zero-order valence-corrected chi connectivity index (χ0v) is 6.73. The highest BCUT2D eigenvalue weighted by atomic mass is 32.1. The van der Waals surface area contributed by atoms with Crippen molar-refractivity contribution in [1.29, 1.82) is 0 Å². The topological polar surface area (TPSA) is 69.1 Å². The third-order valence-corrected chi connectivity index (χ3v) is 2.20. The van der Waals surface area contributed by atoms with Crippen LogP contribution in [0, 0.1) is 6.42 Å². The predicted octanol–water partition coefficient (Wildman–Crippen LogP) is 0.358. The fourth-order valence-electron chi connectivity index (χ4n) is 0.807. The van der Waals surface area contributed by atoms with Crippen molar-refractivity contribution in [2.75, 3.05) is 6.54 Å². The SMILES string of the molecule is NC[CH]c1ccsc1C(N)=O. The molecule has 0 saturated heterocycles. The first-order valence-corrected chi connectivity index (χ1v) is 4.04. The Morgan fingerprint density at radius 3 is 3.00 bits per heavy atom.